The number of anilines is 2. The minimum absolute atomic E-state index is 0.0195. The fourth-order valence-electron chi connectivity index (χ4n) is 4.47. The van der Waals surface area contributed by atoms with Crippen molar-refractivity contribution >= 4 is 28.4 Å². The van der Waals surface area contributed by atoms with Gasteiger partial charge in [-0.3, -0.25) is 4.90 Å². The minimum atomic E-state index is -4.57. The number of urea groups is 1. The van der Waals surface area contributed by atoms with E-state index in [1.54, 1.807) is 36.5 Å². The number of carbonyl (C=O) groups is 1. The highest BCUT2D eigenvalue weighted by atomic mass is 19.4. The zero-order valence-electron chi connectivity index (χ0n) is 21.6. The fraction of sp³-hybridized carbons (Fsp3) is 0.241. The number of halogens is 4. The molecule has 4 aromatic rings. The molecule has 0 radical (unpaired) electrons. The number of benzene rings is 2. The molecule has 2 aromatic heterocycles. The topological polar surface area (TPSA) is 76.3 Å². The van der Waals surface area contributed by atoms with Crippen LogP contribution in [-0.4, -0.2) is 59.0 Å². The Balaban J connectivity index is 1.26. The van der Waals surface area contributed by atoms with Gasteiger partial charge in [0.15, 0.2) is 5.82 Å². The summed E-state index contributed by atoms with van der Waals surface area (Å²) in [5.74, 6) is 5.11. The van der Waals surface area contributed by atoms with Crippen molar-refractivity contribution in [3.05, 3.63) is 89.0 Å². The molecule has 0 atom stereocenters. The molecule has 0 unspecified atom stereocenters. The lowest BCUT2D eigenvalue weighted by Crippen LogP contribution is -2.44. The molecule has 1 aliphatic rings. The van der Waals surface area contributed by atoms with Gasteiger partial charge in [0.1, 0.15) is 5.65 Å². The number of piperazine rings is 1. The standard InChI is InChI=1S/C29H26F4N6O/c1-38-11-13-39(14-12-38)18-21-7-8-23(16-25(21)29(31,32)33)37-28(40)36-22-4-2-3-19(15-22)5-6-20-17-35-27-24(26(20)30)9-10-34-27/h2-4,7-10,15-17H,11-14,18H2,1H3,(H,34,35)(H2,36,37,40). The molecule has 1 saturated heterocycles. The first-order valence-electron chi connectivity index (χ1n) is 12.6. The first-order chi connectivity index (χ1) is 19.2. The summed E-state index contributed by atoms with van der Waals surface area (Å²) < 4.78 is 56.2. The van der Waals surface area contributed by atoms with Crippen molar-refractivity contribution in [2.45, 2.75) is 12.7 Å². The number of carbonyl (C=O) groups excluding carboxylic acids is 1. The van der Waals surface area contributed by atoms with Crippen LogP contribution in [0.15, 0.2) is 60.9 Å². The lowest BCUT2D eigenvalue weighted by Gasteiger charge is -2.33. The second-order valence-corrected chi connectivity index (χ2v) is 9.58. The summed E-state index contributed by atoms with van der Waals surface area (Å²) in [5.41, 5.74) is 0.821. The van der Waals surface area contributed by atoms with Crippen LogP contribution in [-0.2, 0) is 12.7 Å². The van der Waals surface area contributed by atoms with Gasteiger partial charge in [0.25, 0.3) is 0 Å². The normalized spacial score (nSPS) is 14.5. The Morgan fingerprint density at radius 3 is 2.52 bits per heavy atom. The summed E-state index contributed by atoms with van der Waals surface area (Å²) in [6.07, 6.45) is -1.64. The summed E-state index contributed by atoms with van der Waals surface area (Å²) >= 11 is 0. The zero-order valence-corrected chi connectivity index (χ0v) is 21.6. The van der Waals surface area contributed by atoms with E-state index in [1.807, 2.05) is 11.9 Å². The molecule has 3 N–H and O–H groups in total. The minimum Gasteiger partial charge on any atom is -0.346 e. The van der Waals surface area contributed by atoms with Crippen molar-refractivity contribution in [3.63, 3.8) is 0 Å². The van der Waals surface area contributed by atoms with Crippen LogP contribution in [0.2, 0.25) is 0 Å². The van der Waals surface area contributed by atoms with Gasteiger partial charge in [-0.2, -0.15) is 13.2 Å². The van der Waals surface area contributed by atoms with E-state index in [0.29, 0.717) is 35.4 Å². The molecule has 1 fully saturated rings. The molecule has 0 spiro atoms. The first-order valence-corrected chi connectivity index (χ1v) is 12.6. The molecule has 0 saturated carbocycles. The average molecular weight is 551 g/mol. The molecule has 11 heteroatoms. The van der Waals surface area contributed by atoms with E-state index in [0.717, 1.165) is 19.2 Å². The van der Waals surface area contributed by atoms with Crippen LogP contribution in [0, 0.1) is 17.7 Å². The van der Waals surface area contributed by atoms with E-state index in [-0.39, 0.29) is 23.4 Å². The van der Waals surface area contributed by atoms with Crippen LogP contribution in [0.5, 0.6) is 0 Å². The Kier molecular flexibility index (Phi) is 7.73. The number of rotatable bonds is 4. The van der Waals surface area contributed by atoms with Crippen LogP contribution in [0.4, 0.5) is 33.7 Å². The second kappa shape index (κ2) is 11.4. The summed E-state index contributed by atoms with van der Waals surface area (Å²) in [6, 6.07) is 11.2. The van der Waals surface area contributed by atoms with Gasteiger partial charge in [-0.25, -0.2) is 14.2 Å². The van der Waals surface area contributed by atoms with Crippen LogP contribution >= 0.6 is 0 Å². The molecule has 2 amide bonds. The maximum atomic E-state index is 14.6. The van der Waals surface area contributed by atoms with Crippen molar-refractivity contribution in [2.24, 2.45) is 0 Å². The van der Waals surface area contributed by atoms with Gasteiger partial charge < -0.3 is 20.5 Å². The number of H-pyrrole nitrogens is 1. The molecular weight excluding hydrogens is 524 g/mol. The largest absolute Gasteiger partial charge is 0.416 e. The number of amides is 2. The molecule has 1 aliphatic heterocycles. The number of pyridine rings is 1. The fourth-order valence-corrected chi connectivity index (χ4v) is 4.47. The van der Waals surface area contributed by atoms with Gasteiger partial charge in [0.2, 0.25) is 0 Å². The molecule has 206 valence electrons. The highest BCUT2D eigenvalue weighted by molar-refractivity contribution is 5.99. The van der Waals surface area contributed by atoms with Crippen LogP contribution < -0.4 is 10.6 Å². The van der Waals surface area contributed by atoms with Gasteiger partial charge in [-0.05, 0) is 49.0 Å². The summed E-state index contributed by atoms with van der Waals surface area (Å²) in [6.45, 7) is 3.15. The van der Waals surface area contributed by atoms with E-state index in [4.69, 9.17) is 0 Å². The summed E-state index contributed by atoms with van der Waals surface area (Å²) in [5, 5.41) is 5.41. The smallest absolute Gasteiger partial charge is 0.346 e. The predicted molar refractivity (Wildman–Crippen MR) is 145 cm³/mol. The van der Waals surface area contributed by atoms with E-state index < -0.39 is 23.6 Å². The average Bonchev–Trinajstić information content (AvgIpc) is 3.40. The van der Waals surface area contributed by atoms with Gasteiger partial charge in [-0.1, -0.05) is 24.0 Å². The van der Waals surface area contributed by atoms with E-state index in [9.17, 15) is 22.4 Å². The van der Waals surface area contributed by atoms with Crippen molar-refractivity contribution in [1.82, 2.24) is 19.8 Å². The molecule has 5 rings (SSSR count). The third-order valence-electron chi connectivity index (χ3n) is 6.65. The first kappa shape index (κ1) is 27.2. The SMILES string of the molecule is CN1CCN(Cc2ccc(NC(=O)Nc3cccc(C#Cc4cnc5[nH]ccc5c4F)c3)cc2C(F)(F)F)CC1. The highest BCUT2D eigenvalue weighted by Crippen LogP contribution is 2.34. The van der Waals surface area contributed by atoms with E-state index in [1.165, 1.54) is 18.3 Å². The third-order valence-corrected chi connectivity index (χ3v) is 6.65. The lowest BCUT2D eigenvalue weighted by molar-refractivity contribution is -0.138. The maximum absolute atomic E-state index is 14.6. The Bertz CT molecular complexity index is 1600. The van der Waals surface area contributed by atoms with Crippen molar-refractivity contribution in [1.29, 1.82) is 0 Å². The molecule has 2 aromatic carbocycles. The number of alkyl halides is 3. The number of likely N-dealkylation sites (N-methyl/N-ethyl adjacent to an activating group) is 1. The predicted octanol–water partition coefficient (Wildman–Crippen LogP) is 5.51. The molecule has 0 bridgehead atoms. The van der Waals surface area contributed by atoms with Crippen molar-refractivity contribution in [2.75, 3.05) is 43.9 Å². The molecule has 7 nitrogen and oxygen atoms in total. The Morgan fingerprint density at radius 2 is 1.77 bits per heavy atom. The Hall–Kier alpha value is -4.40. The van der Waals surface area contributed by atoms with Gasteiger partial charge in [0.05, 0.1) is 16.5 Å². The molecule has 3 heterocycles. The van der Waals surface area contributed by atoms with Crippen molar-refractivity contribution in [3.8, 4) is 11.8 Å². The summed E-state index contributed by atoms with van der Waals surface area (Å²) in [4.78, 5) is 23.7. The number of aromatic nitrogens is 2. The Labute approximate surface area is 228 Å². The van der Waals surface area contributed by atoms with Gasteiger partial charge >= 0.3 is 12.2 Å². The lowest BCUT2D eigenvalue weighted by atomic mass is 10.0. The number of hydrogen-bond acceptors (Lipinski definition) is 4. The maximum Gasteiger partial charge on any atom is 0.416 e. The van der Waals surface area contributed by atoms with Crippen molar-refractivity contribution < 1.29 is 22.4 Å². The monoisotopic (exact) mass is 550 g/mol. The third kappa shape index (κ3) is 6.42. The highest BCUT2D eigenvalue weighted by Gasteiger charge is 2.34. The number of nitrogens with one attached hydrogen (secondary N) is 3. The zero-order chi connectivity index (χ0) is 28.3. The number of hydrogen-bond donors (Lipinski definition) is 3. The van der Waals surface area contributed by atoms with Crippen LogP contribution in [0.25, 0.3) is 11.0 Å². The number of fused-ring (bicyclic) bond motifs is 1. The van der Waals surface area contributed by atoms with Crippen LogP contribution in [0.1, 0.15) is 22.3 Å². The van der Waals surface area contributed by atoms with Crippen LogP contribution in [0.3, 0.4) is 0 Å². The number of nitrogens with zero attached hydrogens (tertiary/aromatic N) is 3. The number of aromatic amines is 1. The molecule has 40 heavy (non-hydrogen) atoms. The summed E-state index contributed by atoms with van der Waals surface area (Å²) in [7, 11) is 1.98. The molecule has 0 aliphatic carbocycles. The Morgan fingerprint density at radius 1 is 1.02 bits per heavy atom. The van der Waals surface area contributed by atoms with Gasteiger partial charge in [-0.15, -0.1) is 0 Å². The molecular formula is C29H26F4N6O. The van der Waals surface area contributed by atoms with E-state index >= 15 is 0 Å². The van der Waals surface area contributed by atoms with Gasteiger partial charge in [0, 0.05) is 62.1 Å². The second-order valence-electron chi connectivity index (χ2n) is 9.58. The quantitative estimate of drug-likeness (QED) is 0.231. The van der Waals surface area contributed by atoms with E-state index in [2.05, 4.69) is 37.3 Å².